The monoisotopic (exact) mass is 377 g/mol. The quantitative estimate of drug-likeness (QED) is 0.723. The molecule has 1 aliphatic rings. The van der Waals surface area contributed by atoms with E-state index in [1.54, 1.807) is 12.1 Å². The maximum Gasteiger partial charge on any atom is 0.252 e. The van der Waals surface area contributed by atoms with E-state index in [-0.39, 0.29) is 17.8 Å². The summed E-state index contributed by atoms with van der Waals surface area (Å²) >= 11 is 0. The van der Waals surface area contributed by atoms with Crippen LogP contribution in [0, 0.1) is 12.7 Å². The number of hydrogen-bond acceptors (Lipinski definition) is 3. The number of nitrogens with zero attached hydrogens (tertiary/aromatic N) is 2. The van der Waals surface area contributed by atoms with E-state index in [2.05, 4.69) is 27.3 Å². The van der Waals surface area contributed by atoms with Crippen LogP contribution in [0.2, 0.25) is 0 Å². The Morgan fingerprint density at radius 1 is 1.14 bits per heavy atom. The lowest BCUT2D eigenvalue weighted by Crippen LogP contribution is -2.36. The van der Waals surface area contributed by atoms with E-state index in [4.69, 9.17) is 0 Å². The third kappa shape index (κ3) is 3.90. The van der Waals surface area contributed by atoms with Gasteiger partial charge in [0.2, 0.25) is 0 Å². The Bertz CT molecular complexity index is 979. The molecule has 1 amide bonds. The molecule has 0 saturated carbocycles. The van der Waals surface area contributed by atoms with E-state index >= 15 is 0 Å². The fourth-order valence-corrected chi connectivity index (χ4v) is 3.99. The number of amides is 1. The van der Waals surface area contributed by atoms with Gasteiger partial charge >= 0.3 is 0 Å². The Morgan fingerprint density at radius 3 is 2.64 bits per heavy atom. The van der Waals surface area contributed by atoms with Crippen molar-refractivity contribution in [2.75, 3.05) is 19.6 Å². The smallest absolute Gasteiger partial charge is 0.252 e. The molecule has 1 saturated heterocycles. The topological polar surface area (TPSA) is 45.2 Å². The lowest BCUT2D eigenvalue weighted by atomic mass is 10.0. The minimum Gasteiger partial charge on any atom is -0.350 e. The first-order valence-corrected chi connectivity index (χ1v) is 9.76. The number of carbonyl (C=O) groups is 1. The Labute approximate surface area is 164 Å². The van der Waals surface area contributed by atoms with E-state index in [9.17, 15) is 9.18 Å². The summed E-state index contributed by atoms with van der Waals surface area (Å²) in [6.45, 7) is 4.45. The number of halogens is 1. The number of likely N-dealkylation sites (tertiary alicyclic amines) is 1. The van der Waals surface area contributed by atoms with Gasteiger partial charge in [0.15, 0.2) is 0 Å². The summed E-state index contributed by atoms with van der Waals surface area (Å²) in [5.41, 5.74) is 2.95. The van der Waals surface area contributed by atoms with Crippen molar-refractivity contribution in [3.63, 3.8) is 0 Å². The van der Waals surface area contributed by atoms with Gasteiger partial charge in [0.1, 0.15) is 5.82 Å². The number of rotatable bonds is 5. The van der Waals surface area contributed by atoms with E-state index < -0.39 is 0 Å². The molecule has 0 aliphatic carbocycles. The number of nitrogens with one attached hydrogen (secondary N) is 1. The zero-order chi connectivity index (χ0) is 19.5. The van der Waals surface area contributed by atoms with Crippen molar-refractivity contribution in [2.24, 2.45) is 0 Å². The van der Waals surface area contributed by atoms with Gasteiger partial charge in [-0.2, -0.15) is 0 Å². The molecule has 1 aromatic heterocycles. The van der Waals surface area contributed by atoms with E-state index in [1.807, 2.05) is 25.1 Å². The number of hydrogen-bond donors (Lipinski definition) is 1. The average molecular weight is 377 g/mol. The van der Waals surface area contributed by atoms with Crippen molar-refractivity contribution in [1.29, 1.82) is 0 Å². The van der Waals surface area contributed by atoms with Gasteiger partial charge in [-0.15, -0.1) is 0 Å². The molecule has 144 valence electrons. The van der Waals surface area contributed by atoms with Crippen molar-refractivity contribution >= 4 is 16.8 Å². The Kier molecular flexibility index (Phi) is 5.35. The van der Waals surface area contributed by atoms with Crippen molar-refractivity contribution in [3.05, 3.63) is 77.2 Å². The Morgan fingerprint density at radius 2 is 1.89 bits per heavy atom. The number of pyridine rings is 1. The summed E-state index contributed by atoms with van der Waals surface area (Å²) in [5, 5.41) is 3.77. The third-order valence-electron chi connectivity index (χ3n) is 5.37. The Hall–Kier alpha value is -2.79. The molecule has 3 aromatic rings. The first-order valence-electron chi connectivity index (χ1n) is 9.76. The highest BCUT2D eigenvalue weighted by Gasteiger charge is 2.24. The fraction of sp³-hybridized carbons (Fsp3) is 0.304. The van der Waals surface area contributed by atoms with E-state index in [0.29, 0.717) is 28.7 Å². The van der Waals surface area contributed by atoms with Gasteiger partial charge < -0.3 is 5.32 Å². The minimum atomic E-state index is -0.352. The predicted octanol–water partition coefficient (Wildman–Crippen LogP) is 4.25. The van der Waals surface area contributed by atoms with Gasteiger partial charge in [-0.3, -0.25) is 14.7 Å². The number of carbonyl (C=O) groups excluding carboxylic acids is 1. The first kappa shape index (κ1) is 18.6. The summed E-state index contributed by atoms with van der Waals surface area (Å²) in [4.78, 5) is 19.8. The van der Waals surface area contributed by atoms with Crippen LogP contribution in [-0.4, -0.2) is 35.4 Å². The summed E-state index contributed by atoms with van der Waals surface area (Å²) in [6, 6.07) is 16.6. The first-order chi connectivity index (χ1) is 13.6. The van der Waals surface area contributed by atoms with Crippen LogP contribution in [0.1, 0.15) is 40.5 Å². The van der Waals surface area contributed by atoms with Crippen molar-refractivity contribution in [1.82, 2.24) is 15.2 Å². The van der Waals surface area contributed by atoms with Gasteiger partial charge in [0.25, 0.3) is 5.91 Å². The van der Waals surface area contributed by atoms with Crippen LogP contribution < -0.4 is 5.32 Å². The van der Waals surface area contributed by atoms with Gasteiger partial charge in [-0.1, -0.05) is 30.3 Å². The molecular weight excluding hydrogens is 353 g/mol. The average Bonchev–Trinajstić information content (AvgIpc) is 3.22. The molecule has 0 spiro atoms. The van der Waals surface area contributed by atoms with Crippen molar-refractivity contribution < 1.29 is 9.18 Å². The summed E-state index contributed by atoms with van der Waals surface area (Å²) in [5.74, 6) is -0.502. The maximum atomic E-state index is 13.6. The Balaban J connectivity index is 1.58. The third-order valence-corrected chi connectivity index (χ3v) is 5.37. The molecule has 1 N–H and O–H groups in total. The van der Waals surface area contributed by atoms with Crippen molar-refractivity contribution in [3.8, 4) is 0 Å². The maximum absolute atomic E-state index is 13.6. The zero-order valence-corrected chi connectivity index (χ0v) is 16.0. The second-order valence-electron chi connectivity index (χ2n) is 7.35. The second-order valence-corrected chi connectivity index (χ2v) is 7.35. The largest absolute Gasteiger partial charge is 0.350 e. The van der Waals surface area contributed by atoms with Gasteiger partial charge in [0, 0.05) is 23.7 Å². The molecule has 1 fully saturated rings. The van der Waals surface area contributed by atoms with Gasteiger partial charge in [-0.05, 0) is 56.6 Å². The van der Waals surface area contributed by atoms with Crippen LogP contribution in [0.25, 0.3) is 10.9 Å². The molecule has 1 aliphatic heterocycles. The molecule has 5 heteroatoms. The highest BCUT2D eigenvalue weighted by molar-refractivity contribution is 6.06. The molecule has 28 heavy (non-hydrogen) atoms. The highest BCUT2D eigenvalue weighted by Crippen LogP contribution is 2.25. The summed E-state index contributed by atoms with van der Waals surface area (Å²) in [7, 11) is 0. The van der Waals surface area contributed by atoms with Crippen molar-refractivity contribution in [2.45, 2.75) is 25.8 Å². The number of fused-ring (bicyclic) bond motifs is 1. The molecule has 2 aromatic carbocycles. The number of aromatic nitrogens is 1. The molecule has 0 radical (unpaired) electrons. The second kappa shape index (κ2) is 8.07. The number of benzene rings is 2. The van der Waals surface area contributed by atoms with E-state index in [1.165, 1.54) is 30.5 Å². The normalized spacial score (nSPS) is 15.6. The molecule has 4 nitrogen and oxygen atoms in total. The lowest BCUT2D eigenvalue weighted by Gasteiger charge is -2.28. The number of aryl methyl sites for hydroxylation is 1. The van der Waals surface area contributed by atoms with Crippen LogP contribution in [0.3, 0.4) is 0 Å². The van der Waals surface area contributed by atoms with E-state index in [0.717, 1.165) is 13.1 Å². The molecular formula is C23H24FN3O. The molecule has 2 heterocycles. The van der Waals surface area contributed by atoms with Crippen LogP contribution in [-0.2, 0) is 0 Å². The summed E-state index contributed by atoms with van der Waals surface area (Å²) in [6.07, 6.45) is 2.38. The van der Waals surface area contributed by atoms with Crippen LogP contribution in [0.15, 0.2) is 54.6 Å². The molecule has 4 rings (SSSR count). The van der Waals surface area contributed by atoms with Crippen LogP contribution >= 0.6 is 0 Å². The standard InChI is InChI=1S/C23H24FN3O/c1-16-13-20(19-10-9-18(24)14-21(19)26-16)23(28)25-15-22(27-11-5-6-12-27)17-7-3-2-4-8-17/h2-4,7-10,13-14,22H,5-6,11-12,15H2,1H3,(H,25,28). The lowest BCUT2D eigenvalue weighted by molar-refractivity contribution is 0.0939. The zero-order valence-electron chi connectivity index (χ0n) is 16.0. The van der Waals surface area contributed by atoms with Gasteiger partial charge in [-0.25, -0.2) is 4.39 Å². The fourth-order valence-electron chi connectivity index (χ4n) is 3.99. The minimum absolute atomic E-state index is 0.151. The highest BCUT2D eigenvalue weighted by atomic mass is 19.1. The molecule has 1 atom stereocenters. The molecule has 0 bridgehead atoms. The molecule has 1 unspecified atom stereocenters. The SMILES string of the molecule is Cc1cc(C(=O)NCC(c2ccccc2)N2CCCC2)c2ccc(F)cc2n1. The summed E-state index contributed by atoms with van der Waals surface area (Å²) < 4.78 is 13.6. The van der Waals surface area contributed by atoms with Gasteiger partial charge in [0.05, 0.1) is 17.1 Å². The van der Waals surface area contributed by atoms with Crippen LogP contribution in [0.4, 0.5) is 4.39 Å². The van der Waals surface area contributed by atoms with Crippen LogP contribution in [0.5, 0.6) is 0 Å². The predicted molar refractivity (Wildman–Crippen MR) is 109 cm³/mol.